The fourth-order valence-corrected chi connectivity index (χ4v) is 2.45. The van der Waals surface area contributed by atoms with Gasteiger partial charge < -0.3 is 20.3 Å². The predicted molar refractivity (Wildman–Crippen MR) is 91.4 cm³/mol. The SMILES string of the molecule is CC(C)(C)OC(=O)NCC(=O)NC1CCN(C(=O)C(C)(C)C)CC1. The second-order valence-electron chi connectivity index (χ2n) is 8.24. The summed E-state index contributed by atoms with van der Waals surface area (Å²) in [7, 11) is 0. The Hall–Kier alpha value is -1.79. The first kappa shape index (κ1) is 20.3. The molecule has 3 amide bonds. The predicted octanol–water partition coefficient (Wildman–Crippen LogP) is 1.66. The van der Waals surface area contributed by atoms with Gasteiger partial charge in [-0.05, 0) is 33.6 Å². The normalized spacial score (nSPS) is 16.5. The van der Waals surface area contributed by atoms with Crippen molar-refractivity contribution in [3.05, 3.63) is 0 Å². The first-order chi connectivity index (χ1) is 10.9. The lowest BCUT2D eigenvalue weighted by molar-refractivity contribution is -0.140. The van der Waals surface area contributed by atoms with Gasteiger partial charge in [-0.2, -0.15) is 0 Å². The molecule has 7 heteroatoms. The number of piperidine rings is 1. The standard InChI is InChI=1S/C17H31N3O4/c1-16(2,3)14(22)20-9-7-12(8-10-20)19-13(21)11-18-15(23)24-17(4,5)6/h12H,7-11H2,1-6H3,(H,18,23)(H,19,21). The molecule has 24 heavy (non-hydrogen) atoms. The van der Waals surface area contributed by atoms with Crippen molar-refractivity contribution in [3.63, 3.8) is 0 Å². The Kier molecular flexibility index (Phi) is 6.63. The van der Waals surface area contributed by atoms with Crippen molar-refractivity contribution in [1.29, 1.82) is 0 Å². The van der Waals surface area contributed by atoms with Crippen molar-refractivity contribution < 1.29 is 19.1 Å². The summed E-state index contributed by atoms with van der Waals surface area (Å²) in [6.07, 6.45) is 0.836. The summed E-state index contributed by atoms with van der Waals surface area (Å²) in [5.41, 5.74) is -0.972. The molecular formula is C17H31N3O4. The van der Waals surface area contributed by atoms with E-state index in [0.717, 1.165) is 12.8 Å². The minimum Gasteiger partial charge on any atom is -0.444 e. The maximum absolute atomic E-state index is 12.2. The topological polar surface area (TPSA) is 87.7 Å². The number of amides is 3. The first-order valence-corrected chi connectivity index (χ1v) is 8.44. The molecule has 0 aliphatic carbocycles. The van der Waals surface area contributed by atoms with Gasteiger partial charge in [0.2, 0.25) is 11.8 Å². The second-order valence-corrected chi connectivity index (χ2v) is 8.24. The lowest BCUT2D eigenvalue weighted by Gasteiger charge is -2.36. The number of hydrogen-bond donors (Lipinski definition) is 2. The molecule has 2 N–H and O–H groups in total. The Morgan fingerprint density at radius 2 is 1.58 bits per heavy atom. The highest BCUT2D eigenvalue weighted by molar-refractivity contribution is 5.83. The zero-order valence-electron chi connectivity index (χ0n) is 15.7. The van der Waals surface area contributed by atoms with E-state index in [9.17, 15) is 14.4 Å². The molecule has 1 aliphatic heterocycles. The summed E-state index contributed by atoms with van der Waals surface area (Å²) in [6, 6.07) is 0.0296. The highest BCUT2D eigenvalue weighted by Gasteiger charge is 2.30. The van der Waals surface area contributed by atoms with Gasteiger partial charge >= 0.3 is 6.09 Å². The molecule has 1 fully saturated rings. The summed E-state index contributed by atoms with van der Waals surface area (Å²) in [6.45, 7) is 12.2. The van der Waals surface area contributed by atoms with Gasteiger partial charge in [-0.15, -0.1) is 0 Å². The molecule has 1 heterocycles. The third-order valence-corrected chi connectivity index (χ3v) is 3.58. The van der Waals surface area contributed by atoms with Crippen LogP contribution in [0.2, 0.25) is 0 Å². The molecule has 7 nitrogen and oxygen atoms in total. The van der Waals surface area contributed by atoms with Crippen LogP contribution in [0.5, 0.6) is 0 Å². The van der Waals surface area contributed by atoms with Crippen molar-refractivity contribution in [1.82, 2.24) is 15.5 Å². The highest BCUT2D eigenvalue weighted by Crippen LogP contribution is 2.20. The van der Waals surface area contributed by atoms with Gasteiger partial charge in [0.25, 0.3) is 0 Å². The maximum atomic E-state index is 12.2. The third kappa shape index (κ3) is 7.19. The summed E-state index contributed by atoms with van der Waals surface area (Å²) in [5, 5.41) is 5.33. The molecule has 0 bridgehead atoms. The van der Waals surface area contributed by atoms with Crippen LogP contribution in [-0.2, 0) is 14.3 Å². The number of carbonyl (C=O) groups excluding carboxylic acids is 3. The lowest BCUT2D eigenvalue weighted by Crippen LogP contribution is -2.50. The van der Waals surface area contributed by atoms with E-state index >= 15 is 0 Å². The van der Waals surface area contributed by atoms with Gasteiger partial charge in [0.05, 0.1) is 0 Å². The van der Waals surface area contributed by atoms with Crippen LogP contribution in [0.15, 0.2) is 0 Å². The molecular weight excluding hydrogens is 310 g/mol. The van der Waals surface area contributed by atoms with Crippen molar-refractivity contribution >= 4 is 17.9 Å². The Labute approximate surface area is 144 Å². The van der Waals surface area contributed by atoms with Gasteiger partial charge in [-0.1, -0.05) is 20.8 Å². The van der Waals surface area contributed by atoms with Gasteiger partial charge in [0, 0.05) is 24.5 Å². The molecule has 0 aromatic rings. The minimum atomic E-state index is -0.608. The van der Waals surface area contributed by atoms with Crippen LogP contribution < -0.4 is 10.6 Å². The first-order valence-electron chi connectivity index (χ1n) is 8.44. The van der Waals surface area contributed by atoms with Crippen LogP contribution in [0, 0.1) is 5.41 Å². The maximum Gasteiger partial charge on any atom is 0.408 e. The number of ether oxygens (including phenoxy) is 1. The molecule has 0 aromatic heterocycles. The smallest absolute Gasteiger partial charge is 0.408 e. The molecule has 138 valence electrons. The van der Waals surface area contributed by atoms with Gasteiger partial charge in [0.15, 0.2) is 0 Å². The quantitative estimate of drug-likeness (QED) is 0.817. The Bertz CT molecular complexity index is 469. The average Bonchev–Trinajstić information content (AvgIpc) is 2.42. The fraction of sp³-hybridized carbons (Fsp3) is 0.824. The molecule has 0 spiro atoms. The van der Waals surface area contributed by atoms with E-state index in [-0.39, 0.29) is 29.8 Å². The van der Waals surface area contributed by atoms with E-state index in [2.05, 4.69) is 10.6 Å². The zero-order chi connectivity index (χ0) is 18.5. The third-order valence-electron chi connectivity index (χ3n) is 3.58. The lowest BCUT2D eigenvalue weighted by atomic mass is 9.93. The summed E-state index contributed by atoms with van der Waals surface area (Å²) >= 11 is 0. The number of hydrogen-bond acceptors (Lipinski definition) is 4. The second kappa shape index (κ2) is 7.85. The van der Waals surface area contributed by atoms with Crippen molar-refractivity contribution in [3.8, 4) is 0 Å². The summed E-state index contributed by atoms with van der Waals surface area (Å²) in [4.78, 5) is 37.5. The van der Waals surface area contributed by atoms with E-state index in [0.29, 0.717) is 13.1 Å². The summed E-state index contributed by atoms with van der Waals surface area (Å²) in [5.74, 6) is -0.111. The van der Waals surface area contributed by atoms with Crippen LogP contribution >= 0.6 is 0 Å². The van der Waals surface area contributed by atoms with Crippen LogP contribution in [0.3, 0.4) is 0 Å². The molecule has 0 radical (unpaired) electrons. The van der Waals surface area contributed by atoms with Crippen molar-refractivity contribution in [2.75, 3.05) is 19.6 Å². The van der Waals surface area contributed by atoms with Crippen molar-refractivity contribution in [2.24, 2.45) is 5.41 Å². The monoisotopic (exact) mass is 341 g/mol. The number of nitrogens with zero attached hydrogens (tertiary/aromatic N) is 1. The van der Waals surface area contributed by atoms with Crippen LogP contribution in [0.25, 0.3) is 0 Å². The van der Waals surface area contributed by atoms with Crippen LogP contribution in [0.4, 0.5) is 4.79 Å². The number of carbonyl (C=O) groups is 3. The average molecular weight is 341 g/mol. The molecule has 0 saturated carbocycles. The molecule has 0 atom stereocenters. The van der Waals surface area contributed by atoms with Gasteiger partial charge in [-0.25, -0.2) is 4.79 Å². The molecule has 0 unspecified atom stereocenters. The van der Waals surface area contributed by atoms with E-state index < -0.39 is 11.7 Å². The minimum absolute atomic E-state index is 0.0296. The van der Waals surface area contributed by atoms with E-state index in [1.807, 2.05) is 25.7 Å². The molecule has 1 aliphatic rings. The number of likely N-dealkylation sites (tertiary alicyclic amines) is 1. The highest BCUT2D eigenvalue weighted by atomic mass is 16.6. The largest absolute Gasteiger partial charge is 0.444 e. The molecule has 1 saturated heterocycles. The van der Waals surface area contributed by atoms with Gasteiger partial charge in [-0.3, -0.25) is 9.59 Å². The Balaban J connectivity index is 2.31. The number of rotatable bonds is 3. The van der Waals surface area contributed by atoms with Crippen molar-refractivity contribution in [2.45, 2.75) is 66.0 Å². The van der Waals surface area contributed by atoms with Crippen LogP contribution in [-0.4, -0.2) is 54.1 Å². The number of alkyl carbamates (subject to hydrolysis) is 1. The van der Waals surface area contributed by atoms with Crippen LogP contribution in [0.1, 0.15) is 54.4 Å². The molecule has 1 rings (SSSR count). The molecule has 0 aromatic carbocycles. The summed E-state index contributed by atoms with van der Waals surface area (Å²) < 4.78 is 5.08. The Morgan fingerprint density at radius 3 is 2.04 bits per heavy atom. The van der Waals surface area contributed by atoms with E-state index in [4.69, 9.17) is 4.74 Å². The fourth-order valence-electron chi connectivity index (χ4n) is 2.45. The number of nitrogens with one attached hydrogen (secondary N) is 2. The zero-order valence-corrected chi connectivity index (χ0v) is 15.7. The van der Waals surface area contributed by atoms with Gasteiger partial charge in [0.1, 0.15) is 12.1 Å². The van der Waals surface area contributed by atoms with E-state index in [1.165, 1.54) is 0 Å². The van der Waals surface area contributed by atoms with E-state index in [1.54, 1.807) is 20.8 Å². The Morgan fingerprint density at radius 1 is 1.04 bits per heavy atom.